The number of fused-ring (bicyclic) bond motifs is 2. The third-order valence-electron chi connectivity index (χ3n) is 6.64. The molecule has 0 bridgehead atoms. The van der Waals surface area contributed by atoms with Gasteiger partial charge in [0.25, 0.3) is 0 Å². The van der Waals surface area contributed by atoms with Crippen molar-refractivity contribution in [2.24, 2.45) is 0 Å². The third-order valence-corrected chi connectivity index (χ3v) is 12.0. The molecule has 1 atom stereocenters. The lowest BCUT2D eigenvalue weighted by atomic mass is 10.1. The fraction of sp³-hybridized carbons (Fsp3) is 0.148. The molecular weight excluding hydrogens is 377 g/mol. The maximum atomic E-state index is 2.47. The second-order valence-corrected chi connectivity index (χ2v) is 12.5. The summed E-state index contributed by atoms with van der Waals surface area (Å²) in [5, 5.41) is 3.14. The number of hydrogen-bond donors (Lipinski definition) is 0. The molecule has 2 aliphatic rings. The van der Waals surface area contributed by atoms with Gasteiger partial charge in [-0.1, -0.05) is 112 Å². The molecule has 0 radical (unpaired) electrons. The summed E-state index contributed by atoms with van der Waals surface area (Å²) in [6, 6.07) is 29.3. The summed E-state index contributed by atoms with van der Waals surface area (Å²) in [4.78, 5) is 0. The highest BCUT2D eigenvalue weighted by molar-refractivity contribution is 6.87. The van der Waals surface area contributed by atoms with Gasteiger partial charge in [-0.3, -0.25) is 0 Å². The van der Waals surface area contributed by atoms with Crippen molar-refractivity contribution in [2.45, 2.75) is 24.4 Å². The molecule has 138 valence electrons. The Morgan fingerprint density at radius 1 is 0.759 bits per heavy atom. The Morgan fingerprint density at radius 2 is 1.41 bits per heavy atom. The van der Waals surface area contributed by atoms with Gasteiger partial charge in [0.15, 0.2) is 0 Å². The highest BCUT2D eigenvalue weighted by atomic mass is 28.2. The van der Waals surface area contributed by atoms with Gasteiger partial charge in [-0.25, -0.2) is 0 Å². The summed E-state index contributed by atoms with van der Waals surface area (Å²) >= 11 is -0.485. The monoisotopic (exact) mass is 400 g/mol. The maximum Gasteiger partial charge on any atom is 0.426 e. The molecule has 0 heterocycles. The molecular formula is C27H24MgSi. The standard InChI is InChI=1S/C17H15Si.C10H9.Mg/c1-13-12-14-8-6-7-11-16(14)17(13)18(2)15-9-4-3-5-10-15;1-8-6-9-4-2-3-5-10(9)7-8;/h3-11H,1-2H3;2-7H,1H3;. The van der Waals surface area contributed by atoms with E-state index in [1.165, 1.54) is 21.9 Å². The molecule has 1 unspecified atom stereocenters. The first-order valence-electron chi connectivity index (χ1n) is 10.5. The zero-order chi connectivity index (χ0) is 20.0. The Bertz CT molecular complexity index is 1200. The van der Waals surface area contributed by atoms with Crippen molar-refractivity contribution in [3.8, 4) is 0 Å². The van der Waals surface area contributed by atoms with Crippen molar-refractivity contribution in [1.29, 1.82) is 0 Å². The molecule has 0 fully saturated rings. The topological polar surface area (TPSA) is 0 Å². The van der Waals surface area contributed by atoms with E-state index in [0.29, 0.717) is 4.05 Å². The van der Waals surface area contributed by atoms with Crippen LogP contribution in [0.25, 0.3) is 9.78 Å². The average Bonchev–Trinajstić information content (AvgIpc) is 3.22. The lowest BCUT2D eigenvalue weighted by Crippen LogP contribution is -2.27. The Hall–Kier alpha value is -2.01. The fourth-order valence-corrected chi connectivity index (χ4v) is 10.1. The van der Waals surface area contributed by atoms with Gasteiger partial charge < -0.3 is 0 Å². The van der Waals surface area contributed by atoms with Gasteiger partial charge in [0, 0.05) is 0 Å². The molecule has 2 heteroatoms. The Kier molecular flexibility index (Phi) is 5.03. The van der Waals surface area contributed by atoms with Crippen molar-refractivity contribution in [2.75, 3.05) is 0 Å². The Labute approximate surface area is 184 Å². The lowest BCUT2D eigenvalue weighted by molar-refractivity contribution is 1.13. The fourth-order valence-electron chi connectivity index (χ4n) is 5.12. The SMILES string of the molecule is CC1=Cc2ccccc2[CH]1[Mg][C]1=C(C)C(=[Si](C)c2ccccc2)c2ccccc21. The molecule has 0 saturated heterocycles. The summed E-state index contributed by atoms with van der Waals surface area (Å²) in [6.07, 6.45) is 2.41. The molecule has 29 heavy (non-hydrogen) atoms. The Morgan fingerprint density at radius 3 is 2.21 bits per heavy atom. The van der Waals surface area contributed by atoms with Crippen LogP contribution in [0.1, 0.15) is 40.1 Å². The van der Waals surface area contributed by atoms with Crippen LogP contribution in [0.15, 0.2) is 90.0 Å². The molecule has 0 aromatic heterocycles. The normalized spacial score (nSPS) is 18.9. The average molecular weight is 401 g/mol. The van der Waals surface area contributed by atoms with Crippen LogP contribution in [-0.2, 0) is 0 Å². The predicted molar refractivity (Wildman–Crippen MR) is 129 cm³/mol. The van der Waals surface area contributed by atoms with E-state index in [1.807, 2.05) is 0 Å². The highest BCUT2D eigenvalue weighted by Crippen LogP contribution is 2.40. The van der Waals surface area contributed by atoms with E-state index < -0.39 is 28.8 Å². The minimum absolute atomic E-state index is 0.485. The van der Waals surface area contributed by atoms with E-state index in [9.17, 15) is 0 Å². The van der Waals surface area contributed by atoms with Crippen LogP contribution < -0.4 is 5.19 Å². The van der Waals surface area contributed by atoms with Crippen LogP contribution in [0.2, 0.25) is 6.55 Å². The van der Waals surface area contributed by atoms with Gasteiger partial charge in [0.05, 0.1) is 8.41 Å². The minimum atomic E-state index is -0.778. The molecule has 0 aliphatic heterocycles. The summed E-state index contributed by atoms with van der Waals surface area (Å²) in [7, 11) is -0.778. The summed E-state index contributed by atoms with van der Waals surface area (Å²) in [5.41, 5.74) is 9.13. The first-order valence-corrected chi connectivity index (χ1v) is 14.0. The number of allylic oxidation sites excluding steroid dienone is 2. The van der Waals surface area contributed by atoms with E-state index in [-0.39, 0.29) is 0 Å². The van der Waals surface area contributed by atoms with Gasteiger partial charge in [-0.05, 0) is 40.9 Å². The van der Waals surface area contributed by atoms with E-state index in [0.717, 1.165) is 0 Å². The minimum Gasteiger partial charge on any atom is -0.162 e. The van der Waals surface area contributed by atoms with Gasteiger partial charge in [0.2, 0.25) is 0 Å². The number of rotatable bonds is 3. The van der Waals surface area contributed by atoms with Crippen molar-refractivity contribution in [3.05, 3.63) is 112 Å². The second kappa shape index (κ2) is 7.68. The van der Waals surface area contributed by atoms with Gasteiger partial charge in [-0.2, -0.15) is 3.70 Å². The zero-order valence-corrected chi connectivity index (χ0v) is 19.8. The molecule has 0 nitrogen and oxygen atoms in total. The quantitative estimate of drug-likeness (QED) is 0.514. The summed E-state index contributed by atoms with van der Waals surface area (Å²) in [6.45, 7) is 7.20. The molecule has 3 aromatic carbocycles. The van der Waals surface area contributed by atoms with E-state index in [2.05, 4.69) is 105 Å². The van der Waals surface area contributed by atoms with E-state index in [4.69, 9.17) is 0 Å². The second-order valence-electron chi connectivity index (χ2n) is 8.29. The van der Waals surface area contributed by atoms with Crippen molar-refractivity contribution >= 4 is 48.9 Å². The van der Waals surface area contributed by atoms with Crippen LogP contribution in [0, 0.1) is 0 Å². The maximum absolute atomic E-state index is 2.47. The number of benzene rings is 3. The molecule has 2 aliphatic carbocycles. The summed E-state index contributed by atoms with van der Waals surface area (Å²) < 4.78 is 2.32. The largest absolute Gasteiger partial charge is 0.426 e. The smallest absolute Gasteiger partial charge is 0.162 e. The first-order chi connectivity index (χ1) is 14.1. The van der Waals surface area contributed by atoms with Gasteiger partial charge >= 0.3 is 20.4 Å². The third kappa shape index (κ3) is 3.24. The van der Waals surface area contributed by atoms with Crippen molar-refractivity contribution in [1.82, 2.24) is 0 Å². The van der Waals surface area contributed by atoms with Gasteiger partial charge in [-0.15, -0.1) is 0 Å². The number of hydrogen-bond acceptors (Lipinski definition) is 0. The Balaban J connectivity index is 1.64. The van der Waals surface area contributed by atoms with Gasteiger partial charge in [0.1, 0.15) is 0 Å². The summed E-state index contributed by atoms with van der Waals surface area (Å²) in [5.74, 6) is 0. The van der Waals surface area contributed by atoms with Crippen LogP contribution in [0.4, 0.5) is 0 Å². The first kappa shape index (κ1) is 19.0. The zero-order valence-electron chi connectivity index (χ0n) is 17.4. The molecule has 5 rings (SSSR count). The predicted octanol–water partition coefficient (Wildman–Crippen LogP) is 5.43. The van der Waals surface area contributed by atoms with E-state index >= 15 is 0 Å². The van der Waals surface area contributed by atoms with Crippen LogP contribution in [0.3, 0.4) is 0 Å². The van der Waals surface area contributed by atoms with Crippen LogP contribution in [-0.4, -0.2) is 33.9 Å². The van der Waals surface area contributed by atoms with Crippen molar-refractivity contribution < 1.29 is 0 Å². The van der Waals surface area contributed by atoms with Crippen molar-refractivity contribution in [3.63, 3.8) is 0 Å². The highest BCUT2D eigenvalue weighted by Gasteiger charge is 2.31. The molecule has 0 amide bonds. The van der Waals surface area contributed by atoms with E-state index in [1.54, 1.807) is 25.6 Å². The molecule has 0 saturated carbocycles. The molecule has 0 N–H and O–H groups in total. The van der Waals surface area contributed by atoms with Crippen LogP contribution in [0.5, 0.6) is 0 Å². The molecule has 0 spiro atoms. The van der Waals surface area contributed by atoms with Crippen LogP contribution >= 0.6 is 0 Å². The molecule has 3 aromatic rings. The lowest BCUT2D eigenvalue weighted by Gasteiger charge is -2.16.